The molecule has 0 aromatic heterocycles. The van der Waals surface area contributed by atoms with E-state index in [1.807, 2.05) is 12.1 Å². The fraction of sp³-hybridized carbons (Fsp3) is 0.556. The quantitative estimate of drug-likeness (QED) is 0.851. The van der Waals surface area contributed by atoms with Crippen molar-refractivity contribution in [3.05, 3.63) is 35.4 Å². The Labute approximate surface area is 122 Å². The summed E-state index contributed by atoms with van der Waals surface area (Å²) < 4.78 is 0. The van der Waals surface area contributed by atoms with Gasteiger partial charge in [-0.05, 0) is 42.9 Å². The Bertz CT molecular complexity index is 494. The highest BCUT2D eigenvalue weighted by molar-refractivity contribution is 5.41. The first-order valence-corrected chi connectivity index (χ1v) is 7.63. The molecule has 0 amide bonds. The predicted molar refractivity (Wildman–Crippen MR) is 83.3 cm³/mol. The smallest absolute Gasteiger partial charge is 0.104 e. The normalized spacial score (nSPS) is 17.8. The van der Waals surface area contributed by atoms with Crippen LogP contribution in [0.2, 0.25) is 0 Å². The number of nitrogens with zero attached hydrogens (tertiary/aromatic N) is 1. The molecule has 2 heteroatoms. The van der Waals surface area contributed by atoms with Gasteiger partial charge < -0.3 is 5.11 Å². The molecule has 2 rings (SSSR count). The summed E-state index contributed by atoms with van der Waals surface area (Å²) in [7, 11) is 0. The lowest BCUT2D eigenvalue weighted by Crippen LogP contribution is -2.26. The zero-order valence-corrected chi connectivity index (χ0v) is 12.7. The van der Waals surface area contributed by atoms with E-state index in [1.165, 1.54) is 37.9 Å². The molecule has 1 aromatic rings. The molecule has 0 aliphatic carbocycles. The lowest BCUT2D eigenvalue weighted by Gasteiger charge is -2.26. The topological polar surface area (TPSA) is 23.5 Å². The van der Waals surface area contributed by atoms with E-state index < -0.39 is 0 Å². The van der Waals surface area contributed by atoms with Gasteiger partial charge in [0.25, 0.3) is 0 Å². The van der Waals surface area contributed by atoms with Crippen molar-refractivity contribution >= 4 is 0 Å². The third-order valence-electron chi connectivity index (χ3n) is 4.73. The Balaban J connectivity index is 2.08. The Hall–Kier alpha value is -1.30. The van der Waals surface area contributed by atoms with Crippen molar-refractivity contribution < 1.29 is 5.11 Å². The fourth-order valence-electron chi connectivity index (χ4n) is 3.15. The van der Waals surface area contributed by atoms with E-state index >= 15 is 0 Å². The maximum absolute atomic E-state index is 8.85. The second-order valence-corrected chi connectivity index (χ2v) is 5.78. The fourth-order valence-corrected chi connectivity index (χ4v) is 3.15. The van der Waals surface area contributed by atoms with Crippen LogP contribution < -0.4 is 0 Å². The monoisotopic (exact) mass is 271 g/mol. The van der Waals surface area contributed by atoms with Gasteiger partial charge >= 0.3 is 0 Å². The third kappa shape index (κ3) is 3.42. The molecule has 1 aromatic carbocycles. The molecule has 0 bridgehead atoms. The molecule has 1 N–H and O–H groups in total. The summed E-state index contributed by atoms with van der Waals surface area (Å²) in [6.45, 7) is 7.90. The van der Waals surface area contributed by atoms with Crippen molar-refractivity contribution in [1.29, 1.82) is 0 Å². The van der Waals surface area contributed by atoms with Crippen LogP contribution in [0.1, 0.15) is 44.2 Å². The highest BCUT2D eigenvalue weighted by atomic mass is 16.2. The minimum absolute atomic E-state index is 0.0766. The number of rotatable bonds is 4. The van der Waals surface area contributed by atoms with Crippen molar-refractivity contribution in [3.63, 3.8) is 0 Å². The molecule has 0 atom stereocenters. The molecule has 0 unspecified atom stereocenters. The highest BCUT2D eigenvalue weighted by Crippen LogP contribution is 2.37. The van der Waals surface area contributed by atoms with E-state index in [1.54, 1.807) is 0 Å². The van der Waals surface area contributed by atoms with Crippen LogP contribution in [0.15, 0.2) is 24.3 Å². The van der Waals surface area contributed by atoms with Gasteiger partial charge in [0.2, 0.25) is 0 Å². The van der Waals surface area contributed by atoms with Crippen LogP contribution >= 0.6 is 0 Å². The van der Waals surface area contributed by atoms with E-state index in [0.717, 1.165) is 12.1 Å². The molecule has 1 fully saturated rings. The minimum Gasteiger partial charge on any atom is -0.384 e. The van der Waals surface area contributed by atoms with Crippen molar-refractivity contribution in [2.24, 2.45) is 5.41 Å². The van der Waals surface area contributed by atoms with E-state index in [-0.39, 0.29) is 6.61 Å². The SMILES string of the molecule is CCC1(CC)CCN(Cc2ccccc2C#CCO)C1. The largest absolute Gasteiger partial charge is 0.384 e. The molecular formula is C18H25NO. The van der Waals surface area contributed by atoms with Gasteiger partial charge in [0.15, 0.2) is 0 Å². The molecule has 2 nitrogen and oxygen atoms in total. The summed E-state index contributed by atoms with van der Waals surface area (Å²) in [5.41, 5.74) is 2.84. The van der Waals surface area contributed by atoms with E-state index in [4.69, 9.17) is 5.11 Å². The summed E-state index contributed by atoms with van der Waals surface area (Å²) >= 11 is 0. The number of hydrogen-bond acceptors (Lipinski definition) is 2. The standard InChI is InChI=1S/C18H25NO/c1-3-18(4-2)11-12-19(15-18)14-17-9-6-5-8-16(17)10-7-13-20/h5-6,8-9,20H,3-4,11-15H2,1-2H3. The number of aliphatic hydroxyl groups is 1. The van der Waals surface area contributed by atoms with Crippen LogP contribution in [-0.4, -0.2) is 29.7 Å². The van der Waals surface area contributed by atoms with E-state index in [9.17, 15) is 0 Å². The average molecular weight is 271 g/mol. The molecule has 1 aliphatic heterocycles. The van der Waals surface area contributed by atoms with Crippen LogP contribution in [0.25, 0.3) is 0 Å². The Morgan fingerprint density at radius 3 is 2.65 bits per heavy atom. The highest BCUT2D eigenvalue weighted by Gasteiger charge is 2.34. The minimum atomic E-state index is -0.0766. The van der Waals surface area contributed by atoms with Crippen LogP contribution in [0, 0.1) is 17.3 Å². The number of likely N-dealkylation sites (tertiary alicyclic amines) is 1. The Kier molecular flexibility index (Phi) is 5.23. The van der Waals surface area contributed by atoms with Gasteiger partial charge in [0, 0.05) is 18.7 Å². The van der Waals surface area contributed by atoms with E-state index in [2.05, 4.69) is 42.7 Å². The maximum Gasteiger partial charge on any atom is 0.104 e. The van der Waals surface area contributed by atoms with Crippen LogP contribution in [-0.2, 0) is 6.54 Å². The second-order valence-electron chi connectivity index (χ2n) is 5.78. The zero-order chi connectivity index (χ0) is 14.4. The predicted octanol–water partition coefficient (Wildman–Crippen LogP) is 3.04. The zero-order valence-electron chi connectivity index (χ0n) is 12.7. The Morgan fingerprint density at radius 1 is 1.25 bits per heavy atom. The number of aliphatic hydroxyl groups excluding tert-OH is 1. The first kappa shape index (κ1) is 15.1. The lowest BCUT2D eigenvalue weighted by atomic mass is 9.82. The Morgan fingerprint density at radius 2 is 2.00 bits per heavy atom. The third-order valence-corrected chi connectivity index (χ3v) is 4.73. The van der Waals surface area contributed by atoms with E-state index in [0.29, 0.717) is 5.41 Å². The van der Waals surface area contributed by atoms with Gasteiger partial charge in [0.1, 0.15) is 6.61 Å². The van der Waals surface area contributed by atoms with Crippen molar-refractivity contribution in [3.8, 4) is 11.8 Å². The first-order chi connectivity index (χ1) is 9.73. The molecule has 0 spiro atoms. The average Bonchev–Trinajstić information content (AvgIpc) is 2.90. The number of benzene rings is 1. The molecule has 108 valence electrons. The molecule has 0 saturated carbocycles. The van der Waals surface area contributed by atoms with Gasteiger partial charge in [0.05, 0.1) is 0 Å². The molecule has 1 aliphatic rings. The molecular weight excluding hydrogens is 246 g/mol. The van der Waals surface area contributed by atoms with Gasteiger partial charge in [-0.2, -0.15) is 0 Å². The van der Waals surface area contributed by atoms with Gasteiger partial charge in [-0.3, -0.25) is 4.90 Å². The summed E-state index contributed by atoms with van der Waals surface area (Å²) in [6.07, 6.45) is 3.85. The molecule has 1 heterocycles. The van der Waals surface area contributed by atoms with Crippen LogP contribution in [0.4, 0.5) is 0 Å². The van der Waals surface area contributed by atoms with Crippen LogP contribution in [0.3, 0.4) is 0 Å². The van der Waals surface area contributed by atoms with Crippen LogP contribution in [0.5, 0.6) is 0 Å². The first-order valence-electron chi connectivity index (χ1n) is 7.63. The van der Waals surface area contributed by atoms with Gasteiger partial charge in [-0.15, -0.1) is 0 Å². The maximum atomic E-state index is 8.85. The van der Waals surface area contributed by atoms with Crippen molar-refractivity contribution in [1.82, 2.24) is 4.90 Å². The molecule has 20 heavy (non-hydrogen) atoms. The summed E-state index contributed by atoms with van der Waals surface area (Å²) in [5, 5.41) is 8.85. The summed E-state index contributed by atoms with van der Waals surface area (Å²) in [6, 6.07) is 8.28. The van der Waals surface area contributed by atoms with Gasteiger partial charge in [-0.1, -0.05) is 43.9 Å². The lowest BCUT2D eigenvalue weighted by molar-refractivity contribution is 0.236. The second kappa shape index (κ2) is 6.92. The summed E-state index contributed by atoms with van der Waals surface area (Å²) in [5.74, 6) is 5.81. The number of hydrogen-bond donors (Lipinski definition) is 1. The van der Waals surface area contributed by atoms with Crippen molar-refractivity contribution in [2.75, 3.05) is 19.7 Å². The molecule has 0 radical (unpaired) electrons. The summed E-state index contributed by atoms with van der Waals surface area (Å²) in [4.78, 5) is 2.55. The molecule has 1 saturated heterocycles. The van der Waals surface area contributed by atoms with Gasteiger partial charge in [-0.25, -0.2) is 0 Å². The van der Waals surface area contributed by atoms with Crippen molar-refractivity contribution in [2.45, 2.75) is 39.7 Å².